The Morgan fingerprint density at radius 3 is 2.23 bits per heavy atom. The van der Waals surface area contributed by atoms with Gasteiger partial charge in [0.1, 0.15) is 17.3 Å². The summed E-state index contributed by atoms with van der Waals surface area (Å²) in [5.41, 5.74) is 10.2. The lowest BCUT2D eigenvalue weighted by Gasteiger charge is -2.35. The number of nitrogens with one attached hydrogen (secondary N) is 2. The highest BCUT2D eigenvalue weighted by Crippen LogP contribution is 2.40. The van der Waals surface area contributed by atoms with E-state index in [0.717, 1.165) is 61.0 Å². The third-order valence-corrected chi connectivity index (χ3v) is 8.92. The molecule has 2 N–H and O–H groups in total. The van der Waals surface area contributed by atoms with Gasteiger partial charge in [-0.3, -0.25) is 5.32 Å². The predicted molar refractivity (Wildman–Crippen MR) is 177 cm³/mol. The molecule has 9 rings (SSSR count). The Kier molecular flexibility index (Phi) is 5.40. The maximum absolute atomic E-state index is 9.57. The second-order valence-corrected chi connectivity index (χ2v) is 11.4. The number of hydrogen-bond acceptors (Lipinski definition) is 4. The lowest BCUT2D eigenvalue weighted by molar-refractivity contribution is 0.506. The van der Waals surface area contributed by atoms with Crippen molar-refractivity contribution in [3.63, 3.8) is 0 Å². The van der Waals surface area contributed by atoms with Crippen LogP contribution in [-0.2, 0) is 0 Å². The Balaban J connectivity index is 1.18. The number of fused-ring (bicyclic) bond motifs is 7. The van der Waals surface area contributed by atoms with Crippen LogP contribution in [0.4, 0.5) is 5.69 Å². The van der Waals surface area contributed by atoms with Gasteiger partial charge in [-0.25, -0.2) is 0 Å². The van der Waals surface area contributed by atoms with Gasteiger partial charge in [0.05, 0.1) is 28.7 Å². The summed E-state index contributed by atoms with van der Waals surface area (Å²) in [6.45, 7) is 0. The fourth-order valence-electron chi connectivity index (χ4n) is 6.84. The SMILES string of the molecule is N#Cc1ccc2c(c1)NC(c1ccccc1)NC2c1ccc(-n2c3ccccc3c3cc4c(cc32)oc2ccccc24)cc1. The molecule has 2 unspecified atom stereocenters. The van der Waals surface area contributed by atoms with E-state index >= 15 is 0 Å². The van der Waals surface area contributed by atoms with E-state index in [1.807, 2.05) is 30.3 Å². The lowest BCUT2D eigenvalue weighted by Crippen LogP contribution is -2.37. The maximum Gasteiger partial charge on any atom is 0.137 e. The van der Waals surface area contributed by atoms with Gasteiger partial charge < -0.3 is 14.3 Å². The summed E-state index contributed by atoms with van der Waals surface area (Å²) in [6, 6.07) is 48.6. The zero-order valence-corrected chi connectivity index (χ0v) is 23.7. The molecule has 0 spiro atoms. The molecule has 2 atom stereocenters. The van der Waals surface area contributed by atoms with Crippen molar-refractivity contribution in [3.8, 4) is 11.8 Å². The number of hydrogen-bond donors (Lipinski definition) is 2. The Bertz CT molecular complexity index is 2410. The molecule has 0 fully saturated rings. The summed E-state index contributed by atoms with van der Waals surface area (Å²) in [5.74, 6) is 0. The van der Waals surface area contributed by atoms with Gasteiger partial charge in [0.25, 0.3) is 0 Å². The quantitative estimate of drug-likeness (QED) is 0.224. The summed E-state index contributed by atoms with van der Waals surface area (Å²) in [7, 11) is 0. The molecule has 0 bridgehead atoms. The minimum Gasteiger partial charge on any atom is -0.456 e. The number of furan rings is 1. The fourth-order valence-corrected chi connectivity index (χ4v) is 6.84. The van der Waals surface area contributed by atoms with Crippen LogP contribution in [0.25, 0.3) is 49.4 Å². The monoisotopic (exact) mass is 566 g/mol. The molecule has 5 heteroatoms. The average molecular weight is 567 g/mol. The molecule has 3 heterocycles. The highest BCUT2D eigenvalue weighted by atomic mass is 16.3. The number of benzene rings is 6. The molecule has 0 aliphatic carbocycles. The summed E-state index contributed by atoms with van der Waals surface area (Å²) >= 11 is 0. The normalized spacial score (nSPS) is 16.2. The van der Waals surface area contributed by atoms with Crippen molar-refractivity contribution in [3.05, 3.63) is 156 Å². The fraction of sp³-hybridized carbons (Fsp3) is 0.0513. The molecule has 1 aliphatic heterocycles. The van der Waals surface area contributed by atoms with Crippen LogP contribution in [0, 0.1) is 11.3 Å². The number of rotatable bonds is 3. The second kappa shape index (κ2) is 9.60. The van der Waals surface area contributed by atoms with Crippen molar-refractivity contribution >= 4 is 49.4 Å². The molecule has 44 heavy (non-hydrogen) atoms. The number of nitrogens with zero attached hydrogens (tertiary/aromatic N) is 2. The van der Waals surface area contributed by atoms with Crippen molar-refractivity contribution in [1.29, 1.82) is 5.26 Å². The zero-order chi connectivity index (χ0) is 29.2. The van der Waals surface area contributed by atoms with Gasteiger partial charge in [-0.1, -0.05) is 84.9 Å². The number of anilines is 1. The van der Waals surface area contributed by atoms with E-state index in [1.165, 1.54) is 10.8 Å². The first-order valence-electron chi connectivity index (χ1n) is 14.8. The first-order chi connectivity index (χ1) is 21.7. The molecule has 0 saturated heterocycles. The molecule has 5 nitrogen and oxygen atoms in total. The van der Waals surface area contributed by atoms with Crippen molar-refractivity contribution < 1.29 is 4.42 Å². The topological polar surface area (TPSA) is 65.9 Å². The summed E-state index contributed by atoms with van der Waals surface area (Å²) in [5, 5.41) is 21.7. The molecular weight excluding hydrogens is 540 g/mol. The highest BCUT2D eigenvalue weighted by molar-refractivity contribution is 6.17. The Hall–Kier alpha value is -5.83. The molecule has 0 saturated carbocycles. The van der Waals surface area contributed by atoms with E-state index in [-0.39, 0.29) is 12.2 Å². The van der Waals surface area contributed by atoms with Crippen LogP contribution in [0.1, 0.15) is 34.5 Å². The van der Waals surface area contributed by atoms with Gasteiger partial charge in [0.15, 0.2) is 0 Å². The van der Waals surface area contributed by atoms with Crippen LogP contribution >= 0.6 is 0 Å². The van der Waals surface area contributed by atoms with E-state index in [4.69, 9.17) is 4.42 Å². The Morgan fingerprint density at radius 2 is 1.39 bits per heavy atom. The van der Waals surface area contributed by atoms with E-state index in [2.05, 4.69) is 124 Å². The average Bonchev–Trinajstić information content (AvgIpc) is 3.61. The molecular formula is C39H26N4O. The van der Waals surface area contributed by atoms with E-state index in [0.29, 0.717) is 5.56 Å². The molecule has 6 aromatic carbocycles. The predicted octanol–water partition coefficient (Wildman–Crippen LogP) is 9.36. The van der Waals surface area contributed by atoms with E-state index in [9.17, 15) is 5.26 Å². The van der Waals surface area contributed by atoms with E-state index < -0.39 is 0 Å². The van der Waals surface area contributed by atoms with Gasteiger partial charge >= 0.3 is 0 Å². The van der Waals surface area contributed by atoms with Gasteiger partial charge in [-0.2, -0.15) is 5.26 Å². The Morgan fingerprint density at radius 1 is 0.614 bits per heavy atom. The van der Waals surface area contributed by atoms with Crippen LogP contribution in [0.2, 0.25) is 0 Å². The van der Waals surface area contributed by atoms with Crippen LogP contribution < -0.4 is 10.6 Å². The summed E-state index contributed by atoms with van der Waals surface area (Å²) in [4.78, 5) is 0. The maximum atomic E-state index is 9.57. The van der Waals surface area contributed by atoms with Gasteiger partial charge in [0.2, 0.25) is 0 Å². The van der Waals surface area contributed by atoms with Crippen LogP contribution in [-0.4, -0.2) is 4.57 Å². The van der Waals surface area contributed by atoms with Crippen molar-refractivity contribution in [1.82, 2.24) is 9.88 Å². The minimum absolute atomic E-state index is 0.0495. The molecule has 0 radical (unpaired) electrons. The second-order valence-electron chi connectivity index (χ2n) is 11.4. The van der Waals surface area contributed by atoms with Crippen molar-refractivity contribution in [2.24, 2.45) is 0 Å². The molecule has 0 amide bonds. The van der Waals surface area contributed by atoms with Crippen LogP contribution in [0.3, 0.4) is 0 Å². The Labute approximate surface area is 253 Å². The lowest BCUT2D eigenvalue weighted by atomic mass is 9.92. The van der Waals surface area contributed by atoms with Crippen LogP contribution in [0.15, 0.2) is 138 Å². The largest absolute Gasteiger partial charge is 0.456 e. The number of para-hydroxylation sites is 2. The zero-order valence-electron chi connectivity index (χ0n) is 23.7. The standard InChI is InChI=1S/C39H26N4O/c40-23-24-14-19-30-33(20-24)41-39(26-8-2-1-3-9-26)42-38(30)25-15-17-27(18-16-25)43-34-12-6-4-10-28(34)31-21-32-29-11-5-7-13-36(29)44-37(32)22-35(31)43/h1-22,38-39,41-42H. The minimum atomic E-state index is -0.0918. The van der Waals surface area contributed by atoms with Gasteiger partial charge in [0, 0.05) is 39.0 Å². The van der Waals surface area contributed by atoms with Crippen molar-refractivity contribution in [2.75, 3.05) is 5.32 Å². The van der Waals surface area contributed by atoms with Gasteiger partial charge in [-0.05, 0) is 59.2 Å². The first kappa shape index (κ1) is 24.7. The third kappa shape index (κ3) is 3.75. The van der Waals surface area contributed by atoms with E-state index in [1.54, 1.807) is 0 Å². The smallest absolute Gasteiger partial charge is 0.137 e. The van der Waals surface area contributed by atoms with Crippen molar-refractivity contribution in [2.45, 2.75) is 12.2 Å². The number of aromatic nitrogens is 1. The molecule has 208 valence electrons. The highest BCUT2D eigenvalue weighted by Gasteiger charge is 2.28. The van der Waals surface area contributed by atoms with Gasteiger partial charge in [-0.15, -0.1) is 0 Å². The molecule has 8 aromatic rings. The molecule has 2 aromatic heterocycles. The summed E-state index contributed by atoms with van der Waals surface area (Å²) < 4.78 is 8.62. The number of nitriles is 1. The third-order valence-electron chi connectivity index (χ3n) is 8.92. The first-order valence-corrected chi connectivity index (χ1v) is 14.8. The summed E-state index contributed by atoms with van der Waals surface area (Å²) in [6.07, 6.45) is -0.0918. The van der Waals surface area contributed by atoms with Crippen LogP contribution in [0.5, 0.6) is 0 Å². The molecule has 1 aliphatic rings.